The molecule has 16 heavy (non-hydrogen) atoms. The molecule has 0 amide bonds. The molecule has 2 nitrogen and oxygen atoms in total. The smallest absolute Gasteiger partial charge is 0.163 e. The van der Waals surface area contributed by atoms with Crippen molar-refractivity contribution in [2.45, 2.75) is 77.3 Å². The lowest BCUT2D eigenvalue weighted by atomic mass is 10.0. The molecule has 0 spiro atoms. The molecule has 0 aromatic heterocycles. The van der Waals surface area contributed by atoms with Crippen LogP contribution in [0.3, 0.4) is 0 Å². The first kappa shape index (κ1) is 13.7. The summed E-state index contributed by atoms with van der Waals surface area (Å²) in [6.45, 7) is 10.0. The monoisotopic (exact) mass is 226 g/mol. The molecular weight excluding hydrogens is 200 g/mol. The summed E-state index contributed by atoms with van der Waals surface area (Å²) >= 11 is 0. The number of hydrogen-bond acceptors (Lipinski definition) is 2. The highest BCUT2D eigenvalue weighted by Gasteiger charge is 2.33. The third kappa shape index (κ3) is 4.67. The molecule has 1 aliphatic rings. The van der Waals surface area contributed by atoms with Gasteiger partial charge in [-0.1, -0.05) is 38.7 Å². The largest absolute Gasteiger partial charge is 0.347 e. The molecule has 1 saturated heterocycles. The van der Waals surface area contributed by atoms with Gasteiger partial charge in [0.25, 0.3) is 0 Å². The Kier molecular flexibility index (Phi) is 5.50. The number of hydrogen-bond donors (Lipinski definition) is 0. The molecule has 1 heterocycles. The Labute approximate surface area is 100 Å². The van der Waals surface area contributed by atoms with Gasteiger partial charge in [-0.3, -0.25) is 0 Å². The Morgan fingerprint density at radius 3 is 2.62 bits per heavy atom. The highest BCUT2D eigenvalue weighted by Crippen LogP contribution is 2.29. The molecule has 1 aliphatic heterocycles. The van der Waals surface area contributed by atoms with E-state index in [4.69, 9.17) is 9.47 Å². The minimum atomic E-state index is -0.452. The predicted molar refractivity (Wildman–Crippen MR) is 67.4 cm³/mol. The van der Waals surface area contributed by atoms with Gasteiger partial charge in [0.15, 0.2) is 5.79 Å². The van der Waals surface area contributed by atoms with Gasteiger partial charge in [0.1, 0.15) is 0 Å². The number of unbranched alkanes of at least 4 members (excludes halogenated alkanes) is 3. The molecule has 94 valence electrons. The maximum Gasteiger partial charge on any atom is 0.163 e. The van der Waals surface area contributed by atoms with E-state index in [1.165, 1.54) is 25.7 Å². The van der Waals surface area contributed by atoms with Crippen LogP contribution in [0.25, 0.3) is 0 Å². The van der Waals surface area contributed by atoms with E-state index < -0.39 is 5.79 Å². The van der Waals surface area contributed by atoms with Crippen molar-refractivity contribution in [3.63, 3.8) is 0 Å². The van der Waals surface area contributed by atoms with Crippen molar-refractivity contribution in [2.75, 3.05) is 0 Å². The van der Waals surface area contributed by atoms with Crippen LogP contribution in [0, 0.1) is 0 Å². The van der Waals surface area contributed by atoms with Crippen LogP contribution in [0.15, 0.2) is 12.7 Å². The van der Waals surface area contributed by atoms with E-state index in [0.29, 0.717) is 6.10 Å². The summed E-state index contributed by atoms with van der Waals surface area (Å²) in [7, 11) is 0. The highest BCUT2D eigenvalue weighted by atomic mass is 16.7. The molecule has 0 bridgehead atoms. The maximum atomic E-state index is 5.92. The number of ether oxygens (including phenoxy) is 2. The van der Waals surface area contributed by atoms with E-state index in [1.807, 2.05) is 19.9 Å². The van der Waals surface area contributed by atoms with E-state index in [2.05, 4.69) is 13.5 Å². The summed E-state index contributed by atoms with van der Waals surface area (Å²) in [4.78, 5) is 0. The third-order valence-electron chi connectivity index (χ3n) is 3.02. The Morgan fingerprint density at radius 2 is 2.00 bits per heavy atom. The zero-order valence-electron chi connectivity index (χ0n) is 11.0. The Morgan fingerprint density at radius 1 is 1.25 bits per heavy atom. The molecule has 0 radical (unpaired) electrons. The minimum Gasteiger partial charge on any atom is -0.347 e. The van der Waals surface area contributed by atoms with Gasteiger partial charge in [0.2, 0.25) is 0 Å². The molecule has 2 atom stereocenters. The second kappa shape index (κ2) is 6.41. The fourth-order valence-corrected chi connectivity index (χ4v) is 2.27. The molecule has 2 heteroatoms. The summed E-state index contributed by atoms with van der Waals surface area (Å²) in [6, 6.07) is 0. The van der Waals surface area contributed by atoms with Gasteiger partial charge in [0, 0.05) is 6.42 Å². The van der Waals surface area contributed by atoms with Gasteiger partial charge in [0.05, 0.1) is 12.2 Å². The first-order chi connectivity index (χ1) is 7.57. The van der Waals surface area contributed by atoms with Crippen LogP contribution in [-0.4, -0.2) is 18.0 Å². The van der Waals surface area contributed by atoms with Gasteiger partial charge in [-0.05, 0) is 20.3 Å². The van der Waals surface area contributed by atoms with Crippen LogP contribution in [-0.2, 0) is 9.47 Å². The van der Waals surface area contributed by atoms with Crippen molar-refractivity contribution in [1.82, 2.24) is 0 Å². The summed E-state index contributed by atoms with van der Waals surface area (Å²) < 4.78 is 11.7. The molecule has 0 saturated carbocycles. The summed E-state index contributed by atoms with van der Waals surface area (Å²) in [5, 5.41) is 0. The van der Waals surface area contributed by atoms with E-state index in [0.717, 1.165) is 12.8 Å². The van der Waals surface area contributed by atoms with Gasteiger partial charge in [-0.15, -0.1) is 6.58 Å². The highest BCUT2D eigenvalue weighted by molar-refractivity contribution is 4.87. The molecule has 1 rings (SSSR count). The SMILES string of the molecule is C=C[C@H]1C[C@@H](CCCCCC)OC(C)(C)O1. The van der Waals surface area contributed by atoms with Crippen molar-refractivity contribution in [2.24, 2.45) is 0 Å². The van der Waals surface area contributed by atoms with Crippen LogP contribution < -0.4 is 0 Å². The fourth-order valence-electron chi connectivity index (χ4n) is 2.27. The molecule has 0 N–H and O–H groups in total. The normalized spacial score (nSPS) is 28.9. The summed E-state index contributed by atoms with van der Waals surface area (Å²) in [6.07, 6.45) is 9.69. The third-order valence-corrected chi connectivity index (χ3v) is 3.02. The first-order valence-corrected chi connectivity index (χ1v) is 6.55. The zero-order valence-corrected chi connectivity index (χ0v) is 11.0. The van der Waals surface area contributed by atoms with Crippen molar-refractivity contribution in [1.29, 1.82) is 0 Å². The molecule has 0 aliphatic carbocycles. The van der Waals surface area contributed by atoms with Gasteiger partial charge >= 0.3 is 0 Å². The van der Waals surface area contributed by atoms with Crippen LogP contribution in [0.1, 0.15) is 59.3 Å². The van der Waals surface area contributed by atoms with Crippen LogP contribution in [0.2, 0.25) is 0 Å². The predicted octanol–water partition coefficient (Wildman–Crippen LogP) is 4.05. The molecule has 1 fully saturated rings. The molecule has 0 aromatic rings. The minimum absolute atomic E-state index is 0.153. The zero-order chi connectivity index (χ0) is 12.0. The van der Waals surface area contributed by atoms with Gasteiger partial charge in [-0.2, -0.15) is 0 Å². The van der Waals surface area contributed by atoms with E-state index in [-0.39, 0.29) is 6.10 Å². The van der Waals surface area contributed by atoms with Gasteiger partial charge in [-0.25, -0.2) is 0 Å². The molecule has 0 aromatic carbocycles. The van der Waals surface area contributed by atoms with Crippen LogP contribution in [0.5, 0.6) is 0 Å². The molecule has 0 unspecified atom stereocenters. The average molecular weight is 226 g/mol. The standard InChI is InChI=1S/C14H26O2/c1-5-7-8-9-10-13-11-12(6-2)15-14(3,4)16-13/h6,12-13H,2,5,7-11H2,1,3-4H3/t12-,13+/m0/s1. The van der Waals surface area contributed by atoms with Crippen molar-refractivity contribution in [3.8, 4) is 0 Å². The second-order valence-electron chi connectivity index (χ2n) is 5.12. The average Bonchev–Trinajstić information content (AvgIpc) is 2.22. The van der Waals surface area contributed by atoms with Crippen LogP contribution >= 0.6 is 0 Å². The van der Waals surface area contributed by atoms with Gasteiger partial charge < -0.3 is 9.47 Å². The van der Waals surface area contributed by atoms with Crippen molar-refractivity contribution in [3.05, 3.63) is 12.7 Å². The van der Waals surface area contributed by atoms with E-state index in [9.17, 15) is 0 Å². The lowest BCUT2D eigenvalue weighted by Crippen LogP contribution is -2.43. The quantitative estimate of drug-likeness (QED) is 0.502. The number of rotatable bonds is 6. The van der Waals surface area contributed by atoms with E-state index >= 15 is 0 Å². The van der Waals surface area contributed by atoms with E-state index in [1.54, 1.807) is 0 Å². The van der Waals surface area contributed by atoms with Crippen molar-refractivity contribution < 1.29 is 9.47 Å². The lowest BCUT2D eigenvalue weighted by molar-refractivity contribution is -0.291. The lowest BCUT2D eigenvalue weighted by Gasteiger charge is -2.40. The topological polar surface area (TPSA) is 18.5 Å². The molecular formula is C14H26O2. The summed E-state index contributed by atoms with van der Waals surface area (Å²) in [5.41, 5.74) is 0. The van der Waals surface area contributed by atoms with Crippen molar-refractivity contribution >= 4 is 0 Å². The summed E-state index contributed by atoms with van der Waals surface area (Å²) in [5.74, 6) is -0.452. The maximum absolute atomic E-state index is 5.92. The Hall–Kier alpha value is -0.340. The Balaban J connectivity index is 2.32. The fraction of sp³-hybridized carbons (Fsp3) is 0.857. The van der Waals surface area contributed by atoms with Crippen LogP contribution in [0.4, 0.5) is 0 Å². The Bertz CT molecular complexity index is 211. The second-order valence-corrected chi connectivity index (χ2v) is 5.12. The first-order valence-electron chi connectivity index (χ1n) is 6.55.